The molecule has 0 amide bonds. The van der Waals surface area contributed by atoms with Gasteiger partial charge in [-0.15, -0.1) is 0 Å². The minimum absolute atomic E-state index is 0.0969. The summed E-state index contributed by atoms with van der Waals surface area (Å²) in [5, 5.41) is 19.3. The van der Waals surface area contributed by atoms with Crippen molar-refractivity contribution in [2.45, 2.75) is 37.5 Å². The molecule has 2 rings (SSSR count). The van der Waals surface area contributed by atoms with Gasteiger partial charge in [0, 0.05) is 5.56 Å². The normalized spacial score (nSPS) is 18.6. The van der Waals surface area contributed by atoms with Crippen LogP contribution < -0.4 is 0 Å². The highest BCUT2D eigenvalue weighted by molar-refractivity contribution is 6.32. The van der Waals surface area contributed by atoms with Gasteiger partial charge in [-0.05, 0) is 25.0 Å². The van der Waals surface area contributed by atoms with E-state index in [0.29, 0.717) is 12.8 Å². The Hall–Kier alpha value is -1.29. The van der Waals surface area contributed by atoms with E-state index in [-0.39, 0.29) is 16.3 Å². The topological polar surface area (TPSA) is 57.5 Å². The Kier molecular flexibility index (Phi) is 3.48. The summed E-state index contributed by atoms with van der Waals surface area (Å²) < 4.78 is 13.4. The number of phenolic OH excluding ortho intramolecular Hbond substituents is 1. The Balaban J connectivity index is 2.59. The Bertz CT molecular complexity index is 481. The van der Waals surface area contributed by atoms with Crippen LogP contribution in [0.2, 0.25) is 5.02 Å². The first-order valence-corrected chi connectivity index (χ1v) is 6.27. The standard InChI is InChI=1S/C13H14ClFO3/c14-10-7-8(15)6-9(11(10)16)13(12(17)18)4-2-1-3-5-13/h6-7,16H,1-5H2,(H,17,18). The fraction of sp³-hybridized carbons (Fsp3) is 0.462. The number of rotatable bonds is 2. The molecule has 18 heavy (non-hydrogen) atoms. The van der Waals surface area contributed by atoms with Crippen molar-refractivity contribution in [3.63, 3.8) is 0 Å². The first-order valence-electron chi connectivity index (χ1n) is 5.89. The molecule has 0 atom stereocenters. The monoisotopic (exact) mass is 272 g/mol. The molecule has 0 aliphatic heterocycles. The summed E-state index contributed by atoms with van der Waals surface area (Å²) in [6, 6.07) is 2.07. The van der Waals surface area contributed by atoms with Crippen molar-refractivity contribution in [3.05, 3.63) is 28.5 Å². The summed E-state index contributed by atoms with van der Waals surface area (Å²) in [6.07, 6.45) is 3.25. The third kappa shape index (κ3) is 2.05. The second-order valence-electron chi connectivity index (χ2n) is 4.73. The van der Waals surface area contributed by atoms with Crippen LogP contribution in [0.1, 0.15) is 37.7 Å². The molecule has 1 aromatic rings. The second-order valence-corrected chi connectivity index (χ2v) is 5.14. The smallest absolute Gasteiger partial charge is 0.314 e. The fourth-order valence-electron chi connectivity index (χ4n) is 2.68. The lowest BCUT2D eigenvalue weighted by molar-refractivity contribution is -0.145. The summed E-state index contributed by atoms with van der Waals surface area (Å²) >= 11 is 5.72. The van der Waals surface area contributed by atoms with Gasteiger partial charge in [-0.25, -0.2) is 4.39 Å². The Morgan fingerprint density at radius 3 is 2.44 bits per heavy atom. The van der Waals surface area contributed by atoms with Crippen LogP contribution in [0.4, 0.5) is 4.39 Å². The molecule has 5 heteroatoms. The maximum absolute atomic E-state index is 13.4. The van der Waals surface area contributed by atoms with Gasteiger partial charge in [0.15, 0.2) is 0 Å². The van der Waals surface area contributed by atoms with Gasteiger partial charge in [-0.2, -0.15) is 0 Å². The molecule has 0 saturated heterocycles. The molecular weight excluding hydrogens is 259 g/mol. The Morgan fingerprint density at radius 1 is 1.28 bits per heavy atom. The summed E-state index contributed by atoms with van der Waals surface area (Å²) in [5.74, 6) is -1.97. The van der Waals surface area contributed by atoms with Crippen LogP contribution >= 0.6 is 11.6 Å². The van der Waals surface area contributed by atoms with Gasteiger partial charge < -0.3 is 10.2 Å². The molecule has 1 fully saturated rings. The molecule has 0 spiro atoms. The second kappa shape index (κ2) is 4.76. The summed E-state index contributed by atoms with van der Waals surface area (Å²) in [7, 11) is 0. The van der Waals surface area contributed by atoms with E-state index >= 15 is 0 Å². The van der Waals surface area contributed by atoms with Crippen LogP contribution in [-0.2, 0) is 10.2 Å². The average Bonchev–Trinajstić information content (AvgIpc) is 2.34. The van der Waals surface area contributed by atoms with Gasteiger partial charge in [0.25, 0.3) is 0 Å². The average molecular weight is 273 g/mol. The molecule has 2 N–H and O–H groups in total. The molecule has 0 aromatic heterocycles. The van der Waals surface area contributed by atoms with Crippen molar-refractivity contribution in [1.82, 2.24) is 0 Å². The molecular formula is C13H14ClFO3. The van der Waals surface area contributed by atoms with Crippen molar-refractivity contribution >= 4 is 17.6 Å². The summed E-state index contributed by atoms with van der Waals surface area (Å²) in [6.45, 7) is 0. The maximum atomic E-state index is 13.4. The number of carboxylic acids is 1. The van der Waals surface area contributed by atoms with E-state index in [1.807, 2.05) is 0 Å². The zero-order valence-electron chi connectivity index (χ0n) is 9.75. The van der Waals surface area contributed by atoms with Gasteiger partial charge in [0.2, 0.25) is 0 Å². The molecule has 1 aliphatic carbocycles. The predicted octanol–water partition coefficient (Wildman–Crippen LogP) is 3.47. The van der Waals surface area contributed by atoms with Crippen LogP contribution in [0.5, 0.6) is 5.75 Å². The van der Waals surface area contributed by atoms with Gasteiger partial charge in [0.1, 0.15) is 11.6 Å². The van der Waals surface area contributed by atoms with E-state index in [1.165, 1.54) is 0 Å². The molecule has 1 saturated carbocycles. The van der Waals surface area contributed by atoms with Crippen molar-refractivity contribution in [2.24, 2.45) is 0 Å². The number of carboxylic acid groups (broad SMARTS) is 1. The number of carbonyl (C=O) groups is 1. The molecule has 1 aromatic carbocycles. The van der Waals surface area contributed by atoms with Crippen molar-refractivity contribution in [2.75, 3.05) is 0 Å². The summed E-state index contributed by atoms with van der Waals surface area (Å²) in [5.41, 5.74) is -1.12. The quantitative estimate of drug-likeness (QED) is 0.867. The van der Waals surface area contributed by atoms with Gasteiger partial charge >= 0.3 is 5.97 Å². The molecule has 0 bridgehead atoms. The van der Waals surface area contributed by atoms with E-state index in [4.69, 9.17) is 11.6 Å². The molecule has 0 heterocycles. The van der Waals surface area contributed by atoms with Crippen LogP contribution in [0, 0.1) is 5.82 Å². The lowest BCUT2D eigenvalue weighted by Crippen LogP contribution is -2.38. The zero-order chi connectivity index (χ0) is 13.3. The first kappa shape index (κ1) is 13.1. The molecule has 3 nitrogen and oxygen atoms in total. The Morgan fingerprint density at radius 2 is 1.89 bits per heavy atom. The predicted molar refractivity (Wildman–Crippen MR) is 65.5 cm³/mol. The minimum Gasteiger partial charge on any atom is -0.506 e. The number of aliphatic carboxylic acids is 1. The fourth-order valence-corrected chi connectivity index (χ4v) is 2.89. The molecule has 0 unspecified atom stereocenters. The van der Waals surface area contributed by atoms with Crippen molar-refractivity contribution < 1.29 is 19.4 Å². The third-order valence-electron chi connectivity index (χ3n) is 3.66. The SMILES string of the molecule is O=C(O)C1(c2cc(F)cc(Cl)c2O)CCCCC1. The maximum Gasteiger partial charge on any atom is 0.314 e. The van der Waals surface area contributed by atoms with Crippen LogP contribution in [0.15, 0.2) is 12.1 Å². The number of aromatic hydroxyl groups is 1. The van der Waals surface area contributed by atoms with Crippen molar-refractivity contribution in [3.8, 4) is 5.75 Å². The van der Waals surface area contributed by atoms with Crippen LogP contribution in [-0.4, -0.2) is 16.2 Å². The molecule has 0 radical (unpaired) electrons. The highest BCUT2D eigenvalue weighted by Crippen LogP contribution is 2.45. The number of phenols is 1. The van der Waals surface area contributed by atoms with Gasteiger partial charge in [0.05, 0.1) is 10.4 Å². The lowest BCUT2D eigenvalue weighted by atomic mass is 9.69. The van der Waals surface area contributed by atoms with Gasteiger partial charge in [-0.1, -0.05) is 30.9 Å². The van der Waals surface area contributed by atoms with Crippen molar-refractivity contribution in [1.29, 1.82) is 0 Å². The first-order chi connectivity index (χ1) is 8.47. The van der Waals surface area contributed by atoms with Gasteiger partial charge in [-0.3, -0.25) is 4.79 Å². The number of benzene rings is 1. The Labute approximate surface area is 109 Å². The number of halogens is 2. The number of hydrogen-bond acceptors (Lipinski definition) is 2. The van der Waals surface area contributed by atoms with E-state index in [9.17, 15) is 19.4 Å². The largest absolute Gasteiger partial charge is 0.506 e. The summed E-state index contributed by atoms with van der Waals surface area (Å²) in [4.78, 5) is 11.6. The van der Waals surface area contributed by atoms with E-state index in [2.05, 4.69) is 0 Å². The molecule has 98 valence electrons. The van der Waals surface area contributed by atoms with Crippen LogP contribution in [0.25, 0.3) is 0 Å². The molecule has 1 aliphatic rings. The third-order valence-corrected chi connectivity index (χ3v) is 3.95. The van der Waals surface area contributed by atoms with E-state index in [1.54, 1.807) is 0 Å². The zero-order valence-corrected chi connectivity index (χ0v) is 10.5. The van der Waals surface area contributed by atoms with Crippen LogP contribution in [0.3, 0.4) is 0 Å². The highest BCUT2D eigenvalue weighted by atomic mass is 35.5. The van der Waals surface area contributed by atoms with E-state index < -0.39 is 17.2 Å². The highest BCUT2D eigenvalue weighted by Gasteiger charge is 2.43. The minimum atomic E-state index is -1.21. The van der Waals surface area contributed by atoms with E-state index in [0.717, 1.165) is 31.4 Å². The number of hydrogen-bond donors (Lipinski definition) is 2. The lowest BCUT2D eigenvalue weighted by Gasteiger charge is -2.34.